The number of ether oxygens (including phenoxy) is 2. The molecular weight excluding hydrogens is 280 g/mol. The van der Waals surface area contributed by atoms with Crippen molar-refractivity contribution in [1.29, 1.82) is 0 Å². The first-order chi connectivity index (χ1) is 9.97. The van der Waals surface area contributed by atoms with Crippen molar-refractivity contribution in [1.82, 2.24) is 10.2 Å². The first kappa shape index (κ1) is 17.4. The number of nitrogens with zero attached hydrogens (tertiary/aromatic N) is 1. The third kappa shape index (κ3) is 5.68. The van der Waals surface area contributed by atoms with Crippen molar-refractivity contribution >= 4 is 17.9 Å². The van der Waals surface area contributed by atoms with E-state index < -0.39 is 17.9 Å². The molecule has 0 radical (unpaired) electrons. The zero-order valence-corrected chi connectivity index (χ0v) is 12.3. The van der Waals surface area contributed by atoms with Crippen LogP contribution >= 0.6 is 0 Å². The number of carbonyl (C=O) groups excluding carboxylic acids is 2. The maximum absolute atomic E-state index is 11.9. The first-order valence-electron chi connectivity index (χ1n) is 6.84. The molecule has 0 saturated carbocycles. The van der Waals surface area contributed by atoms with Crippen LogP contribution in [0.4, 0.5) is 4.79 Å². The minimum absolute atomic E-state index is 0.0262. The molecule has 0 bridgehead atoms. The van der Waals surface area contributed by atoms with E-state index in [1.54, 1.807) is 14.2 Å². The van der Waals surface area contributed by atoms with Gasteiger partial charge in [0.15, 0.2) is 0 Å². The standard InChI is InChI=1S/C13H22N2O6/c1-20-9-7-15(8-10(9)21-2)13(19)14-11(16)5-3-4-6-12(17)18/h9-10H,3-8H2,1-2H3,(H,17,18)(H,14,16,19). The number of hydrogen-bond donors (Lipinski definition) is 2. The van der Waals surface area contributed by atoms with Crippen molar-refractivity contribution in [2.24, 2.45) is 0 Å². The van der Waals surface area contributed by atoms with Gasteiger partial charge in [-0.15, -0.1) is 0 Å². The topological polar surface area (TPSA) is 105 Å². The summed E-state index contributed by atoms with van der Waals surface area (Å²) < 4.78 is 10.4. The summed E-state index contributed by atoms with van der Waals surface area (Å²) in [5.74, 6) is -1.29. The highest BCUT2D eigenvalue weighted by Gasteiger charge is 2.35. The monoisotopic (exact) mass is 302 g/mol. The maximum atomic E-state index is 11.9. The number of rotatable bonds is 7. The van der Waals surface area contributed by atoms with Gasteiger partial charge in [0.25, 0.3) is 0 Å². The molecule has 2 atom stereocenters. The van der Waals surface area contributed by atoms with Gasteiger partial charge in [-0.05, 0) is 12.8 Å². The molecule has 1 fully saturated rings. The Bertz CT molecular complexity index is 375. The zero-order chi connectivity index (χ0) is 15.8. The van der Waals surface area contributed by atoms with Crippen LogP contribution in [0.3, 0.4) is 0 Å². The summed E-state index contributed by atoms with van der Waals surface area (Å²) in [6.07, 6.45) is 0.607. The molecule has 1 aliphatic rings. The Morgan fingerprint density at radius 3 is 2.10 bits per heavy atom. The number of carbonyl (C=O) groups is 3. The maximum Gasteiger partial charge on any atom is 0.324 e. The molecule has 8 nitrogen and oxygen atoms in total. The molecule has 1 aliphatic heterocycles. The quantitative estimate of drug-likeness (QED) is 0.651. The average molecular weight is 302 g/mol. The van der Waals surface area contributed by atoms with Crippen LogP contribution in [0.2, 0.25) is 0 Å². The predicted octanol–water partition coefficient (Wildman–Crippen LogP) is 0.213. The van der Waals surface area contributed by atoms with Crippen LogP contribution in [0.25, 0.3) is 0 Å². The van der Waals surface area contributed by atoms with E-state index in [1.165, 1.54) is 4.90 Å². The molecule has 120 valence electrons. The van der Waals surface area contributed by atoms with E-state index in [-0.39, 0.29) is 25.0 Å². The fourth-order valence-corrected chi connectivity index (χ4v) is 2.19. The molecule has 0 aromatic heterocycles. The van der Waals surface area contributed by atoms with Crippen LogP contribution in [0.5, 0.6) is 0 Å². The summed E-state index contributed by atoms with van der Waals surface area (Å²) in [5.41, 5.74) is 0. The minimum Gasteiger partial charge on any atom is -0.481 e. The third-order valence-electron chi connectivity index (χ3n) is 3.40. The fourth-order valence-electron chi connectivity index (χ4n) is 2.19. The van der Waals surface area contributed by atoms with Gasteiger partial charge in [-0.25, -0.2) is 4.79 Å². The van der Waals surface area contributed by atoms with Crippen LogP contribution in [-0.2, 0) is 19.1 Å². The number of methoxy groups -OCH3 is 2. The lowest BCUT2D eigenvalue weighted by Gasteiger charge is -2.15. The smallest absolute Gasteiger partial charge is 0.324 e. The van der Waals surface area contributed by atoms with Crippen LogP contribution in [-0.4, -0.2) is 67.4 Å². The minimum atomic E-state index is -0.889. The Labute approximate surface area is 123 Å². The second-order valence-electron chi connectivity index (χ2n) is 4.91. The Balaban J connectivity index is 2.30. The molecule has 21 heavy (non-hydrogen) atoms. The van der Waals surface area contributed by atoms with Gasteiger partial charge >= 0.3 is 12.0 Å². The van der Waals surface area contributed by atoms with Gasteiger partial charge in [-0.3, -0.25) is 14.9 Å². The molecule has 0 aliphatic carbocycles. The molecule has 0 aromatic rings. The highest BCUT2D eigenvalue weighted by Crippen LogP contribution is 2.15. The first-order valence-corrected chi connectivity index (χ1v) is 6.84. The number of amides is 3. The molecule has 0 aromatic carbocycles. The van der Waals surface area contributed by atoms with E-state index >= 15 is 0 Å². The van der Waals surface area contributed by atoms with Gasteiger partial charge in [-0.1, -0.05) is 0 Å². The van der Waals surface area contributed by atoms with E-state index in [4.69, 9.17) is 14.6 Å². The summed E-state index contributed by atoms with van der Waals surface area (Å²) in [7, 11) is 3.09. The molecule has 1 rings (SSSR count). The SMILES string of the molecule is COC1CN(C(=O)NC(=O)CCCCC(=O)O)CC1OC. The predicted molar refractivity (Wildman–Crippen MR) is 72.8 cm³/mol. The highest BCUT2D eigenvalue weighted by molar-refractivity contribution is 5.94. The summed E-state index contributed by atoms with van der Waals surface area (Å²) in [6, 6.07) is -0.472. The summed E-state index contributed by atoms with van der Waals surface area (Å²) in [4.78, 5) is 35.3. The lowest BCUT2D eigenvalue weighted by Crippen LogP contribution is -2.42. The van der Waals surface area contributed by atoms with Gasteiger partial charge in [-0.2, -0.15) is 0 Å². The number of carboxylic acids is 1. The van der Waals surface area contributed by atoms with E-state index in [1.807, 2.05) is 0 Å². The number of carboxylic acid groups (broad SMARTS) is 1. The van der Waals surface area contributed by atoms with Crippen LogP contribution < -0.4 is 5.32 Å². The summed E-state index contributed by atoms with van der Waals surface area (Å²) in [5, 5.41) is 10.8. The zero-order valence-electron chi connectivity index (χ0n) is 12.3. The molecule has 1 heterocycles. The molecule has 1 saturated heterocycles. The van der Waals surface area contributed by atoms with E-state index in [9.17, 15) is 14.4 Å². The molecule has 0 spiro atoms. The van der Waals surface area contributed by atoms with E-state index in [0.717, 1.165) is 0 Å². The Kier molecular flexibility index (Phi) is 7.10. The molecular formula is C13H22N2O6. The fraction of sp³-hybridized carbons (Fsp3) is 0.769. The van der Waals surface area contributed by atoms with Crippen LogP contribution in [0.1, 0.15) is 25.7 Å². The number of nitrogens with one attached hydrogen (secondary N) is 1. The van der Waals surface area contributed by atoms with Crippen molar-refractivity contribution in [3.05, 3.63) is 0 Å². The van der Waals surface area contributed by atoms with Gasteiger partial charge in [0.05, 0.1) is 13.1 Å². The van der Waals surface area contributed by atoms with Gasteiger partial charge in [0.1, 0.15) is 12.2 Å². The van der Waals surface area contributed by atoms with Crippen molar-refractivity contribution < 1.29 is 29.0 Å². The second kappa shape index (κ2) is 8.58. The van der Waals surface area contributed by atoms with Gasteiger partial charge in [0.2, 0.25) is 5.91 Å². The average Bonchev–Trinajstić information content (AvgIpc) is 2.86. The Morgan fingerprint density at radius 2 is 1.62 bits per heavy atom. The van der Waals surface area contributed by atoms with E-state index in [0.29, 0.717) is 25.9 Å². The number of hydrogen-bond acceptors (Lipinski definition) is 5. The molecule has 8 heteroatoms. The molecule has 2 unspecified atom stereocenters. The number of urea groups is 1. The van der Waals surface area contributed by atoms with E-state index in [2.05, 4.69) is 5.32 Å². The number of aliphatic carboxylic acids is 1. The molecule has 3 amide bonds. The van der Waals surface area contributed by atoms with Crippen molar-refractivity contribution in [3.8, 4) is 0 Å². The number of imide groups is 1. The van der Waals surface area contributed by atoms with Crippen molar-refractivity contribution in [2.75, 3.05) is 27.3 Å². The number of likely N-dealkylation sites (tertiary alicyclic amines) is 1. The van der Waals surface area contributed by atoms with Gasteiger partial charge < -0.3 is 19.5 Å². The van der Waals surface area contributed by atoms with Crippen LogP contribution in [0, 0.1) is 0 Å². The van der Waals surface area contributed by atoms with Crippen molar-refractivity contribution in [3.63, 3.8) is 0 Å². The van der Waals surface area contributed by atoms with Crippen molar-refractivity contribution in [2.45, 2.75) is 37.9 Å². The highest BCUT2D eigenvalue weighted by atomic mass is 16.5. The Hall–Kier alpha value is -1.67. The lowest BCUT2D eigenvalue weighted by molar-refractivity contribution is -0.137. The number of unbranched alkanes of at least 4 members (excludes halogenated alkanes) is 1. The third-order valence-corrected chi connectivity index (χ3v) is 3.40. The van der Waals surface area contributed by atoms with Gasteiger partial charge in [0, 0.05) is 27.1 Å². The Morgan fingerprint density at radius 1 is 1.10 bits per heavy atom. The van der Waals surface area contributed by atoms with Crippen LogP contribution in [0.15, 0.2) is 0 Å². The molecule has 2 N–H and O–H groups in total. The summed E-state index contributed by atoms with van der Waals surface area (Å²) >= 11 is 0. The summed E-state index contributed by atoms with van der Waals surface area (Å²) in [6.45, 7) is 0.736. The largest absolute Gasteiger partial charge is 0.481 e. The second-order valence-corrected chi connectivity index (χ2v) is 4.91. The lowest BCUT2D eigenvalue weighted by atomic mass is 10.2. The normalized spacial score (nSPS) is 21.3.